The van der Waals surface area contributed by atoms with E-state index in [1.54, 1.807) is 11.3 Å². The number of piperazine rings is 1. The summed E-state index contributed by atoms with van der Waals surface area (Å²) in [5, 5.41) is 4.31. The van der Waals surface area contributed by atoms with Gasteiger partial charge >= 0.3 is 0 Å². The molecule has 21 heavy (non-hydrogen) atoms. The lowest BCUT2D eigenvalue weighted by Gasteiger charge is -2.34. The molecular weight excluding hydrogens is 436 g/mol. The lowest BCUT2D eigenvalue weighted by Crippen LogP contribution is -2.48. The van der Waals surface area contributed by atoms with Crippen molar-refractivity contribution in [2.45, 2.75) is 6.54 Å². The molecule has 112 valence electrons. The van der Waals surface area contributed by atoms with Gasteiger partial charge < -0.3 is 4.90 Å². The normalized spacial score (nSPS) is 16.4. The van der Waals surface area contributed by atoms with Crippen LogP contribution in [-0.4, -0.2) is 41.9 Å². The molecule has 3 heterocycles. The maximum absolute atomic E-state index is 12.5. The summed E-state index contributed by atoms with van der Waals surface area (Å²) in [5.74, 6) is 0.140. The Morgan fingerprint density at radius 3 is 2.57 bits per heavy atom. The molecule has 3 nitrogen and oxygen atoms in total. The van der Waals surface area contributed by atoms with E-state index in [-0.39, 0.29) is 5.91 Å². The Morgan fingerprint density at radius 2 is 2.00 bits per heavy atom. The van der Waals surface area contributed by atoms with Gasteiger partial charge in [0.1, 0.15) is 0 Å². The van der Waals surface area contributed by atoms with Crippen LogP contribution in [0.3, 0.4) is 0 Å². The minimum Gasteiger partial charge on any atom is -0.335 e. The monoisotopic (exact) mass is 448 g/mol. The highest BCUT2D eigenvalue weighted by molar-refractivity contribution is 9.13. The van der Waals surface area contributed by atoms with Gasteiger partial charge in [0, 0.05) is 37.2 Å². The minimum absolute atomic E-state index is 0.140. The van der Waals surface area contributed by atoms with Gasteiger partial charge in [-0.3, -0.25) is 9.69 Å². The molecule has 3 rings (SSSR count). The molecule has 0 N–H and O–H groups in total. The van der Waals surface area contributed by atoms with Crippen LogP contribution in [-0.2, 0) is 6.54 Å². The first-order valence-corrected chi connectivity index (χ1v) is 9.95. The molecule has 0 aliphatic carbocycles. The molecule has 0 spiro atoms. The number of rotatable bonds is 3. The highest BCUT2D eigenvalue weighted by Crippen LogP contribution is 2.33. The Bertz CT molecular complexity index is 599. The molecule has 0 atom stereocenters. The number of carbonyl (C=O) groups is 1. The third kappa shape index (κ3) is 3.76. The Hall–Kier alpha value is -0.210. The van der Waals surface area contributed by atoms with Crippen LogP contribution in [0.4, 0.5) is 0 Å². The van der Waals surface area contributed by atoms with Crippen molar-refractivity contribution in [3.8, 4) is 0 Å². The minimum atomic E-state index is 0.140. The van der Waals surface area contributed by atoms with Gasteiger partial charge in [-0.15, -0.1) is 11.3 Å². The van der Waals surface area contributed by atoms with Gasteiger partial charge in [-0.2, -0.15) is 11.3 Å². The first-order chi connectivity index (χ1) is 10.1. The third-order valence-electron chi connectivity index (χ3n) is 3.50. The number of thiophene rings is 2. The van der Waals surface area contributed by atoms with Crippen LogP contribution in [0.1, 0.15) is 15.2 Å². The Labute approximate surface area is 148 Å². The fourth-order valence-electron chi connectivity index (χ4n) is 2.36. The summed E-state index contributed by atoms with van der Waals surface area (Å²) in [4.78, 5) is 17.6. The zero-order chi connectivity index (χ0) is 14.8. The average Bonchev–Trinajstić information content (AvgIpc) is 3.10. The molecule has 0 aromatic carbocycles. The zero-order valence-corrected chi connectivity index (χ0v) is 16.0. The first kappa shape index (κ1) is 15.7. The maximum Gasteiger partial charge on any atom is 0.264 e. The summed E-state index contributed by atoms with van der Waals surface area (Å²) in [6.07, 6.45) is 0. The zero-order valence-electron chi connectivity index (χ0n) is 11.2. The fourth-order valence-corrected chi connectivity index (χ4v) is 5.02. The second-order valence-corrected chi connectivity index (χ2v) is 8.94. The predicted octanol–water partition coefficient (Wildman–Crippen LogP) is 4.29. The number of hydrogen-bond acceptors (Lipinski definition) is 4. The second-order valence-electron chi connectivity index (χ2n) is 4.93. The smallest absolute Gasteiger partial charge is 0.264 e. The SMILES string of the molecule is O=C(c1cc(Br)c(Br)s1)N1CCN(Cc2ccsc2)CC1. The summed E-state index contributed by atoms with van der Waals surface area (Å²) in [6, 6.07) is 4.07. The van der Waals surface area contributed by atoms with E-state index in [0.29, 0.717) is 0 Å². The summed E-state index contributed by atoms with van der Waals surface area (Å²) < 4.78 is 1.92. The van der Waals surface area contributed by atoms with Gasteiger partial charge in [-0.1, -0.05) is 0 Å². The lowest BCUT2D eigenvalue weighted by molar-refractivity contribution is 0.0633. The van der Waals surface area contributed by atoms with E-state index in [1.807, 2.05) is 11.0 Å². The Balaban J connectivity index is 1.56. The predicted molar refractivity (Wildman–Crippen MR) is 95.2 cm³/mol. The fraction of sp³-hybridized carbons (Fsp3) is 0.357. The van der Waals surface area contributed by atoms with E-state index in [1.165, 1.54) is 16.9 Å². The highest BCUT2D eigenvalue weighted by Gasteiger charge is 2.23. The summed E-state index contributed by atoms with van der Waals surface area (Å²) in [5.41, 5.74) is 1.37. The first-order valence-electron chi connectivity index (χ1n) is 6.61. The van der Waals surface area contributed by atoms with Crippen molar-refractivity contribution in [3.63, 3.8) is 0 Å². The van der Waals surface area contributed by atoms with E-state index < -0.39 is 0 Å². The van der Waals surface area contributed by atoms with Gasteiger partial charge in [-0.05, 0) is 60.3 Å². The standard InChI is InChI=1S/C14H14Br2N2OS2/c15-11-7-12(21-13(11)16)14(19)18-4-2-17(3-5-18)8-10-1-6-20-9-10/h1,6-7,9H,2-5,8H2. The Morgan fingerprint density at radius 1 is 1.24 bits per heavy atom. The van der Waals surface area contributed by atoms with Crippen LogP contribution in [0.5, 0.6) is 0 Å². The van der Waals surface area contributed by atoms with Crippen LogP contribution < -0.4 is 0 Å². The summed E-state index contributed by atoms with van der Waals surface area (Å²) in [7, 11) is 0. The van der Waals surface area contributed by atoms with E-state index in [9.17, 15) is 4.79 Å². The van der Waals surface area contributed by atoms with E-state index in [4.69, 9.17) is 0 Å². The van der Waals surface area contributed by atoms with Crippen LogP contribution in [0.2, 0.25) is 0 Å². The van der Waals surface area contributed by atoms with Crippen molar-refractivity contribution >= 4 is 60.4 Å². The maximum atomic E-state index is 12.5. The topological polar surface area (TPSA) is 23.6 Å². The van der Waals surface area contributed by atoms with Crippen molar-refractivity contribution in [3.05, 3.63) is 41.6 Å². The number of amides is 1. The molecule has 1 fully saturated rings. The van der Waals surface area contributed by atoms with Gasteiger partial charge in [0.2, 0.25) is 0 Å². The van der Waals surface area contributed by atoms with Crippen molar-refractivity contribution in [2.24, 2.45) is 0 Å². The molecule has 2 aromatic rings. The van der Waals surface area contributed by atoms with Gasteiger partial charge in [0.05, 0.1) is 8.66 Å². The van der Waals surface area contributed by atoms with Crippen molar-refractivity contribution in [1.82, 2.24) is 9.80 Å². The van der Waals surface area contributed by atoms with Crippen molar-refractivity contribution < 1.29 is 4.79 Å². The van der Waals surface area contributed by atoms with Crippen molar-refractivity contribution in [2.75, 3.05) is 26.2 Å². The molecule has 1 aliphatic rings. The Kier molecular flexibility index (Phi) is 5.16. The lowest BCUT2D eigenvalue weighted by atomic mass is 10.2. The van der Waals surface area contributed by atoms with Crippen LogP contribution in [0, 0.1) is 0 Å². The molecule has 7 heteroatoms. The molecular formula is C14H14Br2N2OS2. The number of carbonyl (C=O) groups excluding carboxylic acids is 1. The van der Waals surface area contributed by atoms with E-state index in [2.05, 4.69) is 53.6 Å². The quantitative estimate of drug-likeness (QED) is 0.697. The second kappa shape index (κ2) is 6.91. The molecule has 0 saturated carbocycles. The largest absolute Gasteiger partial charge is 0.335 e. The van der Waals surface area contributed by atoms with Crippen LogP contribution in [0.15, 0.2) is 31.2 Å². The van der Waals surface area contributed by atoms with E-state index in [0.717, 1.165) is 45.9 Å². The molecule has 1 saturated heterocycles. The molecule has 1 aliphatic heterocycles. The molecule has 2 aromatic heterocycles. The van der Waals surface area contributed by atoms with Gasteiger partial charge in [0.15, 0.2) is 0 Å². The molecule has 0 radical (unpaired) electrons. The van der Waals surface area contributed by atoms with Gasteiger partial charge in [-0.25, -0.2) is 0 Å². The highest BCUT2D eigenvalue weighted by atomic mass is 79.9. The average molecular weight is 450 g/mol. The molecule has 0 bridgehead atoms. The van der Waals surface area contributed by atoms with Crippen molar-refractivity contribution in [1.29, 1.82) is 0 Å². The van der Waals surface area contributed by atoms with Crippen LogP contribution in [0.25, 0.3) is 0 Å². The number of halogens is 2. The molecule has 1 amide bonds. The molecule has 0 unspecified atom stereocenters. The summed E-state index contributed by atoms with van der Waals surface area (Å²) >= 11 is 10.1. The number of hydrogen-bond donors (Lipinski definition) is 0. The summed E-state index contributed by atoms with van der Waals surface area (Å²) in [6.45, 7) is 4.47. The number of nitrogens with zero attached hydrogens (tertiary/aromatic N) is 2. The van der Waals surface area contributed by atoms with Crippen LogP contribution >= 0.6 is 54.5 Å². The van der Waals surface area contributed by atoms with Gasteiger partial charge in [0.25, 0.3) is 5.91 Å². The third-order valence-corrected chi connectivity index (χ3v) is 7.48. The van der Waals surface area contributed by atoms with E-state index >= 15 is 0 Å².